The van der Waals surface area contributed by atoms with Crippen LogP contribution >= 0.6 is 24.2 Å². The molecule has 118 valence electrons. The number of rotatable bonds is 3. The zero-order valence-corrected chi connectivity index (χ0v) is 14.5. The minimum absolute atomic E-state index is 0. The molecular weight excluding hydrogens is 304 g/mol. The van der Waals surface area contributed by atoms with Crippen molar-refractivity contribution in [3.05, 3.63) is 35.9 Å². The van der Waals surface area contributed by atoms with Gasteiger partial charge in [-0.25, -0.2) is 0 Å². The molecule has 3 nitrogen and oxygen atoms in total. The van der Waals surface area contributed by atoms with Crippen molar-refractivity contribution >= 4 is 30.1 Å². The van der Waals surface area contributed by atoms with Crippen molar-refractivity contribution in [2.24, 2.45) is 11.7 Å². The lowest BCUT2D eigenvalue weighted by molar-refractivity contribution is -0.137. The molecular formula is C16H25ClN2OS. The van der Waals surface area contributed by atoms with Crippen molar-refractivity contribution in [3.8, 4) is 0 Å². The third-order valence-corrected chi connectivity index (χ3v) is 5.62. The second-order valence-electron chi connectivity index (χ2n) is 5.57. The molecule has 4 unspecified atom stereocenters. The van der Waals surface area contributed by atoms with Gasteiger partial charge >= 0.3 is 0 Å². The highest BCUT2D eigenvalue weighted by molar-refractivity contribution is 8.00. The van der Waals surface area contributed by atoms with Crippen molar-refractivity contribution < 1.29 is 4.79 Å². The maximum Gasteiger partial charge on any atom is 0.227 e. The van der Waals surface area contributed by atoms with E-state index in [2.05, 4.69) is 13.8 Å². The molecule has 1 aromatic carbocycles. The third-order valence-electron chi connectivity index (χ3n) is 4.28. The van der Waals surface area contributed by atoms with E-state index in [-0.39, 0.29) is 36.3 Å². The monoisotopic (exact) mass is 328 g/mol. The Morgan fingerprint density at radius 1 is 1.33 bits per heavy atom. The molecule has 5 heteroatoms. The molecule has 0 aromatic heterocycles. The van der Waals surface area contributed by atoms with Crippen molar-refractivity contribution in [2.75, 3.05) is 12.3 Å². The highest BCUT2D eigenvalue weighted by Crippen LogP contribution is 2.28. The third kappa shape index (κ3) is 4.15. The second kappa shape index (κ2) is 8.06. The number of carbonyl (C=O) groups excluding carboxylic acids is 1. The van der Waals surface area contributed by atoms with Crippen LogP contribution in [-0.2, 0) is 4.79 Å². The second-order valence-corrected chi connectivity index (χ2v) is 7.06. The van der Waals surface area contributed by atoms with Crippen LogP contribution in [-0.4, -0.2) is 34.4 Å². The van der Waals surface area contributed by atoms with Gasteiger partial charge in [-0.2, -0.15) is 11.8 Å². The van der Waals surface area contributed by atoms with Gasteiger partial charge in [0.1, 0.15) is 0 Å². The summed E-state index contributed by atoms with van der Waals surface area (Å²) in [5, 5.41) is 0.493. The van der Waals surface area contributed by atoms with Crippen molar-refractivity contribution in [3.63, 3.8) is 0 Å². The Morgan fingerprint density at radius 3 is 2.57 bits per heavy atom. The summed E-state index contributed by atoms with van der Waals surface area (Å²) in [6.45, 7) is 7.10. The lowest BCUT2D eigenvalue weighted by atomic mass is 9.93. The predicted molar refractivity (Wildman–Crippen MR) is 92.9 cm³/mol. The van der Waals surface area contributed by atoms with E-state index >= 15 is 0 Å². The number of benzene rings is 1. The SMILES string of the molecule is CC1SCCN(C(=O)C(C)C(N)c2ccccc2)C1C.Cl. The standard InChI is InChI=1S/C16H24N2OS.ClH/c1-11(15(17)14-7-5-4-6-8-14)16(19)18-9-10-20-13(3)12(18)2;/h4-8,11-13,15H,9-10,17H2,1-3H3;1H. The van der Waals surface area contributed by atoms with Crippen LogP contribution in [0.25, 0.3) is 0 Å². The Morgan fingerprint density at radius 2 is 1.95 bits per heavy atom. The molecule has 1 aliphatic rings. The van der Waals surface area contributed by atoms with Crippen molar-refractivity contribution in [1.29, 1.82) is 0 Å². The fourth-order valence-corrected chi connectivity index (χ4v) is 3.72. The smallest absolute Gasteiger partial charge is 0.227 e. The van der Waals surface area contributed by atoms with Gasteiger partial charge in [0.15, 0.2) is 0 Å². The van der Waals surface area contributed by atoms with Crippen LogP contribution in [0.5, 0.6) is 0 Å². The van der Waals surface area contributed by atoms with E-state index in [0.717, 1.165) is 17.9 Å². The molecule has 21 heavy (non-hydrogen) atoms. The Balaban J connectivity index is 0.00000220. The minimum atomic E-state index is -0.235. The number of carbonyl (C=O) groups is 1. The lowest BCUT2D eigenvalue weighted by Gasteiger charge is -2.39. The number of hydrogen-bond acceptors (Lipinski definition) is 3. The van der Waals surface area contributed by atoms with Gasteiger partial charge in [-0.15, -0.1) is 12.4 Å². The highest BCUT2D eigenvalue weighted by Gasteiger charge is 2.33. The van der Waals surface area contributed by atoms with E-state index in [1.54, 1.807) is 0 Å². The van der Waals surface area contributed by atoms with E-state index in [9.17, 15) is 4.79 Å². The minimum Gasteiger partial charge on any atom is -0.338 e. The highest BCUT2D eigenvalue weighted by atomic mass is 35.5. The number of hydrogen-bond donors (Lipinski definition) is 1. The van der Waals surface area contributed by atoms with E-state index in [4.69, 9.17) is 5.73 Å². The van der Waals surface area contributed by atoms with E-state index in [1.165, 1.54) is 0 Å². The number of amides is 1. The van der Waals surface area contributed by atoms with Gasteiger partial charge in [-0.3, -0.25) is 4.79 Å². The van der Waals surface area contributed by atoms with Crippen LogP contribution < -0.4 is 5.73 Å². The average Bonchev–Trinajstić information content (AvgIpc) is 2.48. The fourth-order valence-electron chi connectivity index (χ4n) is 2.62. The number of nitrogens with zero attached hydrogens (tertiary/aromatic N) is 1. The quantitative estimate of drug-likeness (QED) is 0.927. The van der Waals surface area contributed by atoms with Gasteiger partial charge in [-0.1, -0.05) is 44.2 Å². The molecule has 1 amide bonds. The van der Waals surface area contributed by atoms with Gasteiger partial charge in [0.2, 0.25) is 5.91 Å². The van der Waals surface area contributed by atoms with Crippen LogP contribution in [0.3, 0.4) is 0 Å². The molecule has 1 fully saturated rings. The molecule has 4 atom stereocenters. The number of nitrogens with two attached hydrogens (primary N) is 1. The molecule has 1 heterocycles. The summed E-state index contributed by atoms with van der Waals surface area (Å²) >= 11 is 1.94. The first kappa shape index (κ1) is 18.3. The van der Waals surface area contributed by atoms with Crippen LogP contribution in [0.2, 0.25) is 0 Å². The Kier molecular flexibility index (Phi) is 7.04. The average molecular weight is 329 g/mol. The molecule has 2 rings (SSSR count). The zero-order valence-electron chi connectivity index (χ0n) is 12.9. The first-order valence-electron chi connectivity index (χ1n) is 7.25. The van der Waals surface area contributed by atoms with E-state index in [0.29, 0.717) is 5.25 Å². The van der Waals surface area contributed by atoms with Gasteiger partial charge in [0, 0.05) is 29.6 Å². The molecule has 0 aliphatic carbocycles. The van der Waals surface area contributed by atoms with E-state index in [1.807, 2.05) is 53.9 Å². The number of thioether (sulfide) groups is 1. The lowest BCUT2D eigenvalue weighted by Crippen LogP contribution is -2.51. The molecule has 0 radical (unpaired) electrons. The molecule has 0 spiro atoms. The first-order chi connectivity index (χ1) is 9.52. The Hall–Kier alpha value is -0.710. The van der Waals surface area contributed by atoms with E-state index < -0.39 is 0 Å². The van der Waals surface area contributed by atoms with Crippen LogP contribution in [0, 0.1) is 5.92 Å². The van der Waals surface area contributed by atoms with Crippen molar-refractivity contribution in [2.45, 2.75) is 38.1 Å². The van der Waals surface area contributed by atoms with Crippen LogP contribution in [0.15, 0.2) is 30.3 Å². The molecule has 0 saturated carbocycles. The molecule has 1 aromatic rings. The van der Waals surface area contributed by atoms with Crippen LogP contribution in [0.4, 0.5) is 0 Å². The van der Waals surface area contributed by atoms with Gasteiger partial charge in [0.05, 0.1) is 5.92 Å². The summed E-state index contributed by atoms with van der Waals surface area (Å²) in [5.41, 5.74) is 7.30. The topological polar surface area (TPSA) is 46.3 Å². The van der Waals surface area contributed by atoms with Crippen LogP contribution in [0.1, 0.15) is 32.4 Å². The van der Waals surface area contributed by atoms with Crippen molar-refractivity contribution in [1.82, 2.24) is 4.90 Å². The van der Waals surface area contributed by atoms with Gasteiger partial charge < -0.3 is 10.6 Å². The first-order valence-corrected chi connectivity index (χ1v) is 8.30. The summed E-state index contributed by atoms with van der Waals surface area (Å²) in [7, 11) is 0. The maximum absolute atomic E-state index is 12.7. The summed E-state index contributed by atoms with van der Waals surface area (Å²) < 4.78 is 0. The van der Waals surface area contributed by atoms with Gasteiger partial charge in [0.25, 0.3) is 0 Å². The molecule has 0 bridgehead atoms. The largest absolute Gasteiger partial charge is 0.338 e. The van der Waals surface area contributed by atoms with Gasteiger partial charge in [-0.05, 0) is 12.5 Å². The molecule has 1 saturated heterocycles. The predicted octanol–water partition coefficient (Wildman–Crippen LogP) is 3.10. The number of halogens is 1. The summed E-state index contributed by atoms with van der Waals surface area (Å²) in [6, 6.07) is 9.93. The zero-order chi connectivity index (χ0) is 14.7. The fraction of sp³-hybridized carbons (Fsp3) is 0.562. The molecule has 2 N–H and O–H groups in total. The normalized spacial score (nSPS) is 24.9. The molecule has 1 aliphatic heterocycles. The summed E-state index contributed by atoms with van der Waals surface area (Å²) in [5.74, 6) is 1.01. The Labute approximate surface area is 138 Å². The summed E-state index contributed by atoms with van der Waals surface area (Å²) in [6.07, 6.45) is 0. The maximum atomic E-state index is 12.7. The summed E-state index contributed by atoms with van der Waals surface area (Å²) in [4.78, 5) is 14.7. The Bertz CT molecular complexity index is 457.